The third kappa shape index (κ3) is 2.53. The summed E-state index contributed by atoms with van der Waals surface area (Å²) in [4.78, 5) is 12.0. The summed E-state index contributed by atoms with van der Waals surface area (Å²) < 4.78 is 0. The number of amides is 1. The van der Waals surface area contributed by atoms with Crippen LogP contribution in [0.1, 0.15) is 23.1 Å². The largest absolute Gasteiger partial charge is 0.345 e. The first-order chi connectivity index (χ1) is 10.2. The molecule has 0 bridgehead atoms. The summed E-state index contributed by atoms with van der Waals surface area (Å²) in [5.74, 6) is -0.214. The van der Waals surface area contributed by atoms with Crippen molar-refractivity contribution in [3.8, 4) is 6.07 Å². The van der Waals surface area contributed by atoms with E-state index < -0.39 is 5.54 Å². The normalized spacial score (nSPS) is 15.0. The molecule has 1 N–H and O–H groups in total. The van der Waals surface area contributed by atoms with E-state index in [0.717, 1.165) is 18.4 Å². The van der Waals surface area contributed by atoms with Crippen LogP contribution in [0.4, 0.5) is 0 Å². The maximum atomic E-state index is 12.0. The van der Waals surface area contributed by atoms with Crippen molar-refractivity contribution < 1.29 is 4.79 Å². The van der Waals surface area contributed by atoms with Crippen molar-refractivity contribution in [3.05, 3.63) is 71.3 Å². The predicted octanol–water partition coefficient (Wildman–Crippen LogP) is 2.71. The van der Waals surface area contributed by atoms with Gasteiger partial charge >= 0.3 is 0 Å². The molecule has 0 radical (unpaired) electrons. The van der Waals surface area contributed by atoms with Gasteiger partial charge in [0, 0.05) is 12.8 Å². The van der Waals surface area contributed by atoms with Crippen LogP contribution in [0, 0.1) is 11.3 Å². The highest BCUT2D eigenvalue weighted by molar-refractivity contribution is 5.79. The molecule has 1 aliphatic rings. The fraction of sp³-hybridized carbons (Fsp3) is 0.222. The van der Waals surface area contributed by atoms with Crippen LogP contribution in [-0.4, -0.2) is 5.91 Å². The molecular formula is C18H16N2O. The van der Waals surface area contributed by atoms with Gasteiger partial charge < -0.3 is 5.32 Å². The number of carbonyl (C=O) groups is 1. The molecule has 3 nitrogen and oxygen atoms in total. The van der Waals surface area contributed by atoms with Crippen LogP contribution in [0.15, 0.2) is 54.6 Å². The molecule has 1 aliphatic carbocycles. The standard InChI is InChI=1S/C18H16N2O/c19-11-10-17(21)20-18(16-8-2-1-3-9-16)12-14-6-4-5-7-15(14)13-18/h1-9H,10,12-13H2,(H,20,21). The molecule has 21 heavy (non-hydrogen) atoms. The van der Waals surface area contributed by atoms with Crippen LogP contribution in [0.25, 0.3) is 0 Å². The minimum atomic E-state index is -0.432. The Morgan fingerprint density at radius 2 is 1.62 bits per heavy atom. The van der Waals surface area contributed by atoms with E-state index in [1.54, 1.807) is 0 Å². The summed E-state index contributed by atoms with van der Waals surface area (Å²) in [6.07, 6.45) is 1.43. The van der Waals surface area contributed by atoms with Crippen molar-refractivity contribution in [1.29, 1.82) is 5.26 Å². The maximum Gasteiger partial charge on any atom is 0.234 e. The molecule has 0 saturated carbocycles. The number of hydrogen-bond donors (Lipinski definition) is 1. The third-order valence-corrected chi connectivity index (χ3v) is 4.05. The van der Waals surface area contributed by atoms with Gasteiger partial charge in [-0.15, -0.1) is 0 Å². The van der Waals surface area contributed by atoms with Gasteiger partial charge in [0.2, 0.25) is 5.91 Å². The number of benzene rings is 2. The Morgan fingerprint density at radius 3 is 2.19 bits per heavy atom. The quantitative estimate of drug-likeness (QED) is 0.937. The monoisotopic (exact) mass is 276 g/mol. The van der Waals surface area contributed by atoms with E-state index in [2.05, 4.69) is 17.4 Å². The van der Waals surface area contributed by atoms with E-state index in [1.165, 1.54) is 11.1 Å². The first-order valence-corrected chi connectivity index (χ1v) is 7.04. The van der Waals surface area contributed by atoms with Gasteiger partial charge in [0.15, 0.2) is 0 Å². The van der Waals surface area contributed by atoms with E-state index in [0.29, 0.717) is 0 Å². The number of nitrogens with one attached hydrogen (secondary N) is 1. The molecular weight excluding hydrogens is 260 g/mol. The Kier molecular flexibility index (Phi) is 3.45. The van der Waals surface area contributed by atoms with E-state index in [9.17, 15) is 4.79 Å². The summed E-state index contributed by atoms with van der Waals surface area (Å²) in [5.41, 5.74) is 3.18. The lowest BCUT2D eigenvalue weighted by molar-refractivity contribution is -0.122. The lowest BCUT2D eigenvalue weighted by Gasteiger charge is -2.31. The van der Waals surface area contributed by atoms with E-state index in [1.807, 2.05) is 48.5 Å². The molecule has 3 rings (SSSR count). The molecule has 0 aliphatic heterocycles. The smallest absolute Gasteiger partial charge is 0.234 e. The van der Waals surface area contributed by atoms with Crippen molar-refractivity contribution in [2.24, 2.45) is 0 Å². The van der Waals surface area contributed by atoms with E-state index in [4.69, 9.17) is 5.26 Å². The zero-order valence-corrected chi connectivity index (χ0v) is 11.7. The van der Waals surface area contributed by atoms with Gasteiger partial charge in [0.1, 0.15) is 6.42 Å². The average Bonchev–Trinajstić information content (AvgIpc) is 2.87. The summed E-state index contributed by atoms with van der Waals surface area (Å²) >= 11 is 0. The fourth-order valence-electron chi connectivity index (χ4n) is 3.12. The van der Waals surface area contributed by atoms with Gasteiger partial charge in [-0.3, -0.25) is 4.79 Å². The van der Waals surface area contributed by atoms with Crippen molar-refractivity contribution in [2.45, 2.75) is 24.8 Å². The van der Waals surface area contributed by atoms with Crippen LogP contribution in [0.3, 0.4) is 0 Å². The van der Waals surface area contributed by atoms with Crippen LogP contribution < -0.4 is 5.32 Å². The number of hydrogen-bond acceptors (Lipinski definition) is 2. The molecule has 0 saturated heterocycles. The molecule has 0 spiro atoms. The van der Waals surface area contributed by atoms with Crippen molar-refractivity contribution in [2.75, 3.05) is 0 Å². The van der Waals surface area contributed by atoms with Crippen molar-refractivity contribution in [3.63, 3.8) is 0 Å². The van der Waals surface area contributed by atoms with Crippen LogP contribution in [-0.2, 0) is 23.2 Å². The van der Waals surface area contributed by atoms with Gasteiger partial charge in [-0.05, 0) is 16.7 Å². The zero-order valence-electron chi connectivity index (χ0n) is 11.7. The molecule has 0 unspecified atom stereocenters. The molecule has 3 heteroatoms. The highest BCUT2D eigenvalue weighted by atomic mass is 16.1. The Morgan fingerprint density at radius 1 is 1.05 bits per heavy atom. The molecule has 2 aromatic carbocycles. The Hall–Kier alpha value is -2.60. The predicted molar refractivity (Wildman–Crippen MR) is 80.3 cm³/mol. The highest BCUT2D eigenvalue weighted by Crippen LogP contribution is 2.37. The second kappa shape index (κ2) is 5.41. The summed E-state index contributed by atoms with van der Waals surface area (Å²) in [5, 5.41) is 11.8. The summed E-state index contributed by atoms with van der Waals surface area (Å²) in [7, 11) is 0. The van der Waals surface area contributed by atoms with Gasteiger partial charge in [0.25, 0.3) is 0 Å². The minimum Gasteiger partial charge on any atom is -0.345 e. The van der Waals surface area contributed by atoms with Gasteiger partial charge in [0.05, 0.1) is 11.6 Å². The van der Waals surface area contributed by atoms with E-state index in [-0.39, 0.29) is 12.3 Å². The summed E-state index contributed by atoms with van der Waals surface area (Å²) in [6.45, 7) is 0. The topological polar surface area (TPSA) is 52.9 Å². The number of nitriles is 1. The van der Waals surface area contributed by atoms with Crippen LogP contribution >= 0.6 is 0 Å². The Balaban J connectivity index is 1.99. The second-order valence-corrected chi connectivity index (χ2v) is 5.45. The van der Waals surface area contributed by atoms with Crippen LogP contribution in [0.5, 0.6) is 0 Å². The van der Waals surface area contributed by atoms with Crippen molar-refractivity contribution >= 4 is 5.91 Å². The maximum absolute atomic E-state index is 12.0. The molecule has 1 amide bonds. The molecule has 0 atom stereocenters. The minimum absolute atomic E-state index is 0.106. The van der Waals surface area contributed by atoms with Gasteiger partial charge in [-0.2, -0.15) is 5.26 Å². The Labute approximate surface area is 124 Å². The van der Waals surface area contributed by atoms with Gasteiger partial charge in [-0.25, -0.2) is 0 Å². The first kappa shape index (κ1) is 13.4. The van der Waals surface area contributed by atoms with Crippen molar-refractivity contribution in [1.82, 2.24) is 5.32 Å². The number of rotatable bonds is 3. The Bertz CT molecular complexity index is 676. The molecule has 0 aromatic heterocycles. The molecule has 2 aromatic rings. The average molecular weight is 276 g/mol. The number of nitrogens with zero attached hydrogens (tertiary/aromatic N) is 1. The lowest BCUT2D eigenvalue weighted by Crippen LogP contribution is -2.46. The van der Waals surface area contributed by atoms with Crippen LogP contribution in [0.2, 0.25) is 0 Å². The molecule has 0 heterocycles. The number of carbonyl (C=O) groups excluding carboxylic acids is 1. The van der Waals surface area contributed by atoms with Gasteiger partial charge in [-0.1, -0.05) is 54.6 Å². The highest BCUT2D eigenvalue weighted by Gasteiger charge is 2.39. The number of fused-ring (bicyclic) bond motifs is 1. The van der Waals surface area contributed by atoms with E-state index >= 15 is 0 Å². The fourth-order valence-corrected chi connectivity index (χ4v) is 3.12. The zero-order chi connectivity index (χ0) is 14.7. The SMILES string of the molecule is N#CCC(=O)NC1(c2ccccc2)Cc2ccccc2C1. The molecule has 0 fully saturated rings. The third-order valence-electron chi connectivity index (χ3n) is 4.05. The lowest BCUT2D eigenvalue weighted by atomic mass is 9.86. The second-order valence-electron chi connectivity index (χ2n) is 5.45. The first-order valence-electron chi connectivity index (χ1n) is 7.04. The molecule has 104 valence electrons. The summed E-state index contributed by atoms with van der Waals surface area (Å²) in [6, 6.07) is 20.2.